The molecule has 0 radical (unpaired) electrons. The van der Waals surface area contributed by atoms with Crippen molar-refractivity contribution in [1.29, 1.82) is 0 Å². The van der Waals surface area contributed by atoms with E-state index in [1.165, 1.54) is 30.1 Å². The van der Waals surface area contributed by atoms with Crippen LogP contribution in [-0.4, -0.2) is 33.9 Å². The molecule has 0 aliphatic heterocycles. The van der Waals surface area contributed by atoms with Gasteiger partial charge in [0, 0.05) is 0 Å². The zero-order chi connectivity index (χ0) is 11.7. The summed E-state index contributed by atoms with van der Waals surface area (Å²) in [5, 5.41) is 18.6. The van der Waals surface area contributed by atoms with Crippen molar-refractivity contribution >= 4 is 23.7 Å². The maximum absolute atomic E-state index is 10.3. The fourth-order valence-electron chi connectivity index (χ4n) is 1.01. The number of unbranched alkanes of at least 4 members (excludes halogenated alkanes) is 1. The van der Waals surface area contributed by atoms with Gasteiger partial charge >= 0.3 is 48.5 Å². The Bertz CT molecular complexity index is 298. The summed E-state index contributed by atoms with van der Waals surface area (Å²) in [7, 11) is 0. The van der Waals surface area contributed by atoms with E-state index in [-0.39, 0.29) is 11.3 Å². The van der Waals surface area contributed by atoms with Crippen LogP contribution in [0.4, 0.5) is 0 Å². The number of hydrogen-bond acceptors (Lipinski definition) is 2. The molecule has 78 valence electrons. The monoisotopic (exact) mass is 202 g/mol. The summed E-state index contributed by atoms with van der Waals surface area (Å²) in [6.07, 6.45) is 2.73. The molecule has 0 aliphatic carbocycles. The average Bonchev–Trinajstić information content (AvgIpc) is 2.20. The summed E-state index contributed by atoms with van der Waals surface area (Å²) in [6.45, 7) is 2.21. The van der Waals surface area contributed by atoms with Crippen molar-refractivity contribution in [3.63, 3.8) is 0 Å². The molecule has 3 nitrogen and oxygen atoms in total. The molecule has 0 bridgehead atoms. The number of phenols is 1. The van der Waals surface area contributed by atoms with Crippen molar-refractivity contribution < 1.29 is 15.0 Å². The van der Waals surface area contributed by atoms with Gasteiger partial charge in [-0.1, -0.05) is 12.1 Å². The number of rotatable bonds is 3. The van der Waals surface area contributed by atoms with Crippen LogP contribution < -0.4 is 0 Å². The normalized spacial score (nSPS) is 9.00. The maximum atomic E-state index is 10.3. The molecule has 0 aliphatic rings. The zero-order valence-electron chi connectivity index (χ0n) is 9.23. The topological polar surface area (TPSA) is 57.5 Å². The van der Waals surface area contributed by atoms with Crippen molar-refractivity contribution in [2.24, 2.45) is 0 Å². The van der Waals surface area contributed by atoms with E-state index in [0.717, 1.165) is 0 Å². The number of benzene rings is 1. The van der Waals surface area contributed by atoms with Gasteiger partial charge in [0.15, 0.2) is 0 Å². The Morgan fingerprint density at radius 2 is 2.00 bits per heavy atom. The van der Waals surface area contributed by atoms with Crippen LogP contribution in [0.15, 0.2) is 24.3 Å². The quantitative estimate of drug-likeness (QED) is 0.740. The van der Waals surface area contributed by atoms with Gasteiger partial charge in [-0.05, 0) is 12.1 Å². The molecule has 0 saturated carbocycles. The van der Waals surface area contributed by atoms with E-state index in [1.54, 1.807) is 12.1 Å². The molecular weight excluding hydrogens is 187 g/mol. The first-order valence-corrected chi connectivity index (χ1v) is 5.14. The predicted molar refractivity (Wildman–Crippen MR) is 60.5 cm³/mol. The van der Waals surface area contributed by atoms with Crippen molar-refractivity contribution in [3.05, 3.63) is 29.8 Å². The van der Waals surface area contributed by atoms with Gasteiger partial charge in [-0.3, -0.25) is 0 Å². The van der Waals surface area contributed by atoms with Gasteiger partial charge in [0.05, 0.1) is 0 Å². The van der Waals surface area contributed by atoms with Gasteiger partial charge in [-0.2, -0.15) is 0 Å². The van der Waals surface area contributed by atoms with Gasteiger partial charge in [0.1, 0.15) is 11.3 Å². The summed E-state index contributed by atoms with van der Waals surface area (Å²) in [6, 6.07) is 5.81. The standard InChI is InChI=1S/C7H6O3.C4H9.Li/c8-6-4-2-1-3-5(6)7(9)10;1-3-4-2;/h1-4,8H,(H,9,10);1,3-4H2,2H3;. The first-order chi connectivity index (χ1) is 7.13. The van der Waals surface area contributed by atoms with Gasteiger partial charge in [0.2, 0.25) is 0 Å². The molecule has 4 heteroatoms. The van der Waals surface area contributed by atoms with Gasteiger partial charge in [-0.25, -0.2) is 4.79 Å². The van der Waals surface area contributed by atoms with Crippen LogP contribution in [0.5, 0.6) is 5.75 Å². The number of aromatic carboxylic acids is 1. The van der Waals surface area contributed by atoms with Gasteiger partial charge in [0.25, 0.3) is 0 Å². The number of hydrogen-bond donors (Lipinski definition) is 2. The van der Waals surface area contributed by atoms with E-state index >= 15 is 0 Å². The molecular formula is C11H15LiO3. The SMILES string of the molecule is O=C(O)c1ccccc1O.[Li][CH2]CCC. The predicted octanol–water partition coefficient (Wildman–Crippen LogP) is 2.46. The third kappa shape index (κ3) is 6.22. The molecule has 1 aromatic rings. The number of carboxylic acid groups (broad SMARTS) is 1. The second-order valence-corrected chi connectivity index (χ2v) is 3.18. The summed E-state index contributed by atoms with van der Waals surface area (Å²) in [5.74, 6) is -1.31. The van der Waals surface area contributed by atoms with Crippen molar-refractivity contribution in [1.82, 2.24) is 0 Å². The summed E-state index contributed by atoms with van der Waals surface area (Å²) >= 11 is 2.21. The molecule has 0 unspecified atom stereocenters. The fourth-order valence-corrected chi connectivity index (χ4v) is 1.01. The Morgan fingerprint density at radius 3 is 2.27 bits per heavy atom. The van der Waals surface area contributed by atoms with E-state index in [4.69, 9.17) is 10.2 Å². The van der Waals surface area contributed by atoms with Crippen LogP contribution in [0, 0.1) is 0 Å². The van der Waals surface area contributed by atoms with Crippen LogP contribution in [0.1, 0.15) is 30.1 Å². The van der Waals surface area contributed by atoms with E-state index < -0.39 is 5.97 Å². The van der Waals surface area contributed by atoms with Gasteiger partial charge < -0.3 is 10.2 Å². The molecule has 0 saturated heterocycles. The molecule has 2 N–H and O–H groups in total. The zero-order valence-corrected chi connectivity index (χ0v) is 9.23. The summed E-state index contributed by atoms with van der Waals surface area (Å²) in [4.78, 5) is 10.3. The fraction of sp³-hybridized carbons (Fsp3) is 0.364. The van der Waals surface area contributed by atoms with Gasteiger partial charge in [-0.15, -0.1) is 0 Å². The third-order valence-corrected chi connectivity index (χ3v) is 1.84. The van der Waals surface area contributed by atoms with Crippen LogP contribution in [-0.2, 0) is 0 Å². The molecule has 0 atom stereocenters. The van der Waals surface area contributed by atoms with Crippen molar-refractivity contribution in [2.45, 2.75) is 24.9 Å². The Kier molecular flexibility index (Phi) is 7.89. The second kappa shape index (κ2) is 8.40. The first kappa shape index (κ1) is 14.1. The van der Waals surface area contributed by atoms with Crippen LogP contribution >= 0.6 is 0 Å². The van der Waals surface area contributed by atoms with E-state index in [9.17, 15) is 4.79 Å². The number of carboxylic acids is 1. The molecule has 0 aromatic heterocycles. The van der Waals surface area contributed by atoms with E-state index in [1.807, 2.05) is 0 Å². The second-order valence-electron chi connectivity index (χ2n) is 3.18. The molecule has 0 fully saturated rings. The number of aromatic hydroxyl groups is 1. The Labute approximate surface area is 99.3 Å². The number of para-hydroxylation sites is 1. The first-order valence-electron chi connectivity index (χ1n) is 5.14. The summed E-state index contributed by atoms with van der Waals surface area (Å²) < 4.78 is 0. The molecule has 15 heavy (non-hydrogen) atoms. The van der Waals surface area contributed by atoms with Crippen LogP contribution in [0.3, 0.4) is 0 Å². The molecule has 0 amide bonds. The van der Waals surface area contributed by atoms with Crippen LogP contribution in [0.25, 0.3) is 0 Å². The van der Waals surface area contributed by atoms with Crippen molar-refractivity contribution in [3.8, 4) is 5.75 Å². The minimum absolute atomic E-state index is 0.0671. The Balaban J connectivity index is 0.000000336. The average molecular weight is 202 g/mol. The Morgan fingerprint density at radius 1 is 1.40 bits per heavy atom. The molecule has 1 rings (SSSR count). The molecule has 0 heterocycles. The van der Waals surface area contributed by atoms with Crippen molar-refractivity contribution in [2.75, 3.05) is 0 Å². The van der Waals surface area contributed by atoms with Crippen LogP contribution in [0.2, 0.25) is 5.09 Å². The number of carbonyl (C=O) groups is 1. The summed E-state index contributed by atoms with van der Waals surface area (Å²) in [5.41, 5.74) is -0.0671. The molecule has 0 spiro atoms. The van der Waals surface area contributed by atoms with E-state index in [0.29, 0.717) is 0 Å². The Hall–Kier alpha value is -0.913. The minimum atomic E-state index is -1.11. The van der Waals surface area contributed by atoms with E-state index in [2.05, 4.69) is 24.6 Å². The molecule has 1 aromatic carbocycles. The third-order valence-electron chi connectivity index (χ3n) is 1.84.